The highest BCUT2D eigenvalue weighted by Crippen LogP contribution is 2.28. The summed E-state index contributed by atoms with van der Waals surface area (Å²) in [5.74, 6) is 1.73. The maximum atomic E-state index is 5.40. The molecule has 3 aromatic heterocycles. The molecular weight excluding hydrogens is 388 g/mol. The summed E-state index contributed by atoms with van der Waals surface area (Å²) < 4.78 is 7.55. The molecule has 1 aliphatic rings. The number of hydrogen-bond acceptors (Lipinski definition) is 6. The van der Waals surface area contributed by atoms with Crippen molar-refractivity contribution in [2.75, 3.05) is 44.7 Å². The van der Waals surface area contributed by atoms with Crippen molar-refractivity contribution >= 4 is 16.9 Å². The van der Waals surface area contributed by atoms with E-state index < -0.39 is 0 Å². The van der Waals surface area contributed by atoms with E-state index in [9.17, 15) is 0 Å². The Labute approximate surface area is 181 Å². The number of nitrogens with zero attached hydrogens (tertiary/aromatic N) is 5. The molecule has 31 heavy (non-hydrogen) atoms. The first-order valence-electron chi connectivity index (χ1n) is 10.7. The van der Waals surface area contributed by atoms with Crippen LogP contribution in [0.2, 0.25) is 0 Å². The van der Waals surface area contributed by atoms with Crippen LogP contribution < -0.4 is 5.32 Å². The van der Waals surface area contributed by atoms with Crippen molar-refractivity contribution in [2.24, 2.45) is 0 Å². The zero-order valence-corrected chi connectivity index (χ0v) is 17.7. The molecule has 0 amide bonds. The highest BCUT2D eigenvalue weighted by atomic mass is 16.5. The molecule has 0 radical (unpaired) electrons. The second-order valence-corrected chi connectivity index (χ2v) is 7.78. The Morgan fingerprint density at radius 2 is 1.84 bits per heavy atom. The first kappa shape index (κ1) is 19.7. The highest BCUT2D eigenvalue weighted by Gasteiger charge is 2.15. The van der Waals surface area contributed by atoms with Crippen molar-refractivity contribution in [3.8, 4) is 17.1 Å². The smallest absolute Gasteiger partial charge is 0.147 e. The third kappa shape index (κ3) is 4.28. The van der Waals surface area contributed by atoms with E-state index in [1.807, 2.05) is 24.5 Å². The van der Waals surface area contributed by atoms with Crippen LogP contribution >= 0.6 is 0 Å². The molecule has 7 nitrogen and oxygen atoms in total. The van der Waals surface area contributed by atoms with E-state index in [1.54, 1.807) is 6.20 Å². The Kier molecular flexibility index (Phi) is 5.60. The minimum Gasteiger partial charge on any atom is -0.379 e. The van der Waals surface area contributed by atoms with E-state index in [-0.39, 0.29) is 0 Å². The second-order valence-electron chi connectivity index (χ2n) is 7.78. The van der Waals surface area contributed by atoms with Crippen molar-refractivity contribution in [1.82, 2.24) is 24.4 Å². The van der Waals surface area contributed by atoms with Crippen molar-refractivity contribution < 1.29 is 4.74 Å². The summed E-state index contributed by atoms with van der Waals surface area (Å²) in [5.41, 5.74) is 5.15. The van der Waals surface area contributed by atoms with Crippen molar-refractivity contribution in [3.63, 3.8) is 0 Å². The van der Waals surface area contributed by atoms with Gasteiger partial charge in [-0.05, 0) is 37.3 Å². The lowest BCUT2D eigenvalue weighted by atomic mass is 10.2. The molecule has 1 aliphatic heterocycles. The molecule has 0 atom stereocenters. The van der Waals surface area contributed by atoms with Crippen LogP contribution in [-0.2, 0) is 4.74 Å². The van der Waals surface area contributed by atoms with Crippen LogP contribution in [0.15, 0.2) is 61.1 Å². The summed E-state index contributed by atoms with van der Waals surface area (Å²) >= 11 is 0. The predicted octanol–water partition coefficient (Wildman–Crippen LogP) is 3.54. The summed E-state index contributed by atoms with van der Waals surface area (Å²) in [5, 5.41) is 3.42. The maximum Gasteiger partial charge on any atom is 0.147 e. The Balaban J connectivity index is 1.39. The number of pyridine rings is 2. The van der Waals surface area contributed by atoms with Crippen molar-refractivity contribution in [3.05, 3.63) is 66.6 Å². The molecule has 7 heteroatoms. The second kappa shape index (κ2) is 8.83. The van der Waals surface area contributed by atoms with E-state index in [0.29, 0.717) is 0 Å². The van der Waals surface area contributed by atoms with Gasteiger partial charge in [-0.25, -0.2) is 9.97 Å². The Morgan fingerprint density at radius 3 is 2.61 bits per heavy atom. The topological polar surface area (TPSA) is 68.1 Å². The largest absolute Gasteiger partial charge is 0.379 e. The first-order chi connectivity index (χ1) is 15.3. The van der Waals surface area contributed by atoms with Gasteiger partial charge in [0.1, 0.15) is 11.6 Å². The SMILES string of the molecule is Cc1ccc(-n2c(-c3ccc(NCCN4CCOCC4)nc3)nc3ccncc32)cc1. The van der Waals surface area contributed by atoms with Gasteiger partial charge in [0.15, 0.2) is 0 Å². The van der Waals surface area contributed by atoms with E-state index in [0.717, 1.165) is 73.3 Å². The van der Waals surface area contributed by atoms with E-state index >= 15 is 0 Å². The molecule has 0 saturated carbocycles. The summed E-state index contributed by atoms with van der Waals surface area (Å²) in [6.07, 6.45) is 5.52. The van der Waals surface area contributed by atoms with Crippen molar-refractivity contribution in [2.45, 2.75) is 6.92 Å². The Hall–Kier alpha value is -3.29. The van der Waals surface area contributed by atoms with Crippen LogP contribution in [0.5, 0.6) is 0 Å². The summed E-state index contributed by atoms with van der Waals surface area (Å²) in [6.45, 7) is 7.58. The molecule has 4 heterocycles. The summed E-state index contributed by atoms with van der Waals surface area (Å²) in [6, 6.07) is 14.5. The van der Waals surface area contributed by atoms with Crippen LogP contribution in [0.4, 0.5) is 5.82 Å². The van der Waals surface area contributed by atoms with E-state index in [1.165, 1.54) is 5.56 Å². The molecule has 0 aliphatic carbocycles. The van der Waals surface area contributed by atoms with Gasteiger partial charge in [-0.1, -0.05) is 17.7 Å². The lowest BCUT2D eigenvalue weighted by Gasteiger charge is -2.26. The minimum absolute atomic E-state index is 0.824. The Bertz CT molecular complexity index is 1150. The molecule has 1 fully saturated rings. The van der Waals surface area contributed by atoms with Crippen LogP contribution in [0.3, 0.4) is 0 Å². The number of nitrogens with one attached hydrogen (secondary N) is 1. The molecular formula is C24H26N6O. The zero-order chi connectivity index (χ0) is 21.0. The van der Waals surface area contributed by atoms with Crippen LogP contribution in [0, 0.1) is 6.92 Å². The molecule has 1 aromatic carbocycles. The third-order valence-electron chi connectivity index (χ3n) is 5.61. The molecule has 0 spiro atoms. The van der Waals surface area contributed by atoms with Gasteiger partial charge in [0.05, 0.1) is 30.4 Å². The number of morpholine rings is 1. The number of hydrogen-bond donors (Lipinski definition) is 1. The standard InChI is InChI=1S/C24H26N6O/c1-18-2-5-20(6-3-18)30-22-17-25-9-8-21(22)28-24(30)19-4-7-23(27-16-19)26-10-11-29-12-14-31-15-13-29/h2-9,16-17H,10-15H2,1H3,(H,26,27). The minimum atomic E-state index is 0.824. The third-order valence-corrected chi connectivity index (χ3v) is 5.61. The van der Waals surface area contributed by atoms with Gasteiger partial charge in [-0.15, -0.1) is 0 Å². The lowest BCUT2D eigenvalue weighted by molar-refractivity contribution is 0.0398. The average Bonchev–Trinajstić information content (AvgIpc) is 3.20. The van der Waals surface area contributed by atoms with Gasteiger partial charge in [-0.3, -0.25) is 14.5 Å². The fourth-order valence-corrected chi connectivity index (χ4v) is 3.87. The molecule has 0 bridgehead atoms. The van der Waals surface area contributed by atoms with E-state index in [4.69, 9.17) is 9.72 Å². The fraction of sp³-hybridized carbons (Fsp3) is 0.292. The van der Waals surface area contributed by atoms with Crippen LogP contribution in [0.1, 0.15) is 5.56 Å². The molecule has 158 valence electrons. The Morgan fingerprint density at radius 1 is 1.00 bits per heavy atom. The van der Waals surface area contributed by atoms with Gasteiger partial charge in [-0.2, -0.15) is 0 Å². The van der Waals surface area contributed by atoms with Gasteiger partial charge < -0.3 is 10.1 Å². The number of aromatic nitrogens is 4. The van der Waals surface area contributed by atoms with Crippen LogP contribution in [0.25, 0.3) is 28.1 Å². The normalized spacial score (nSPS) is 14.7. The van der Waals surface area contributed by atoms with Gasteiger partial charge in [0.25, 0.3) is 0 Å². The number of aryl methyl sites for hydroxylation is 1. The van der Waals surface area contributed by atoms with Crippen LogP contribution in [-0.4, -0.2) is 63.8 Å². The molecule has 1 saturated heterocycles. The predicted molar refractivity (Wildman–Crippen MR) is 123 cm³/mol. The van der Waals surface area contributed by atoms with E-state index in [2.05, 4.69) is 62.0 Å². The first-order valence-corrected chi connectivity index (χ1v) is 10.7. The molecule has 5 rings (SSSR count). The quantitative estimate of drug-likeness (QED) is 0.521. The number of anilines is 1. The molecule has 0 unspecified atom stereocenters. The van der Waals surface area contributed by atoms with Gasteiger partial charge >= 0.3 is 0 Å². The number of benzene rings is 1. The monoisotopic (exact) mass is 414 g/mol. The van der Waals surface area contributed by atoms with Gasteiger partial charge in [0, 0.05) is 49.8 Å². The van der Waals surface area contributed by atoms with Crippen molar-refractivity contribution in [1.29, 1.82) is 0 Å². The number of ether oxygens (including phenoxy) is 1. The molecule has 4 aromatic rings. The summed E-state index contributed by atoms with van der Waals surface area (Å²) in [4.78, 5) is 16.2. The summed E-state index contributed by atoms with van der Waals surface area (Å²) in [7, 11) is 0. The number of imidazole rings is 1. The zero-order valence-electron chi connectivity index (χ0n) is 17.7. The highest BCUT2D eigenvalue weighted by molar-refractivity contribution is 5.82. The lowest BCUT2D eigenvalue weighted by Crippen LogP contribution is -2.39. The average molecular weight is 415 g/mol. The van der Waals surface area contributed by atoms with Gasteiger partial charge in [0.2, 0.25) is 0 Å². The maximum absolute atomic E-state index is 5.40. The fourth-order valence-electron chi connectivity index (χ4n) is 3.87. The molecule has 1 N–H and O–H groups in total. The number of rotatable bonds is 6. The number of fused-ring (bicyclic) bond motifs is 1.